The maximum absolute atomic E-state index is 12.6. The molecule has 0 saturated carbocycles. The summed E-state index contributed by atoms with van der Waals surface area (Å²) in [6.45, 7) is 0.599. The van der Waals surface area contributed by atoms with E-state index in [9.17, 15) is 13.2 Å². The largest absolute Gasteiger partial charge is 0.368 e. The van der Waals surface area contributed by atoms with Crippen LogP contribution in [0.1, 0.15) is 12.8 Å². The van der Waals surface area contributed by atoms with Gasteiger partial charge in [-0.05, 0) is 42.5 Å². The number of fused-ring (bicyclic) bond motifs is 1. The number of thiazole rings is 1. The fourth-order valence-corrected chi connectivity index (χ4v) is 6.03. The Bertz CT molecular complexity index is 1020. The number of hydrogen-bond donors (Lipinski definition) is 1. The van der Waals surface area contributed by atoms with Crippen LogP contribution in [-0.2, 0) is 19.4 Å². The number of nitrogens with one attached hydrogen (secondary N) is 1. The summed E-state index contributed by atoms with van der Waals surface area (Å²) in [4.78, 5) is 16.7. The molecule has 6 nitrogen and oxygen atoms in total. The molecular weight excluding hydrogens is 380 g/mol. The zero-order chi connectivity index (χ0) is 17.4. The smallest absolute Gasteiger partial charge is 0.255 e. The van der Waals surface area contributed by atoms with Crippen molar-refractivity contribution in [2.24, 2.45) is 0 Å². The fraction of sp³-hybridized carbons (Fsp3) is 0.250. The van der Waals surface area contributed by atoms with Crippen LogP contribution in [0.15, 0.2) is 44.8 Å². The van der Waals surface area contributed by atoms with Gasteiger partial charge in [0.15, 0.2) is 5.13 Å². The van der Waals surface area contributed by atoms with Crippen molar-refractivity contribution in [3.05, 3.63) is 35.7 Å². The molecule has 1 fully saturated rings. The maximum atomic E-state index is 12.6. The second-order valence-corrected chi connectivity index (χ2v) is 9.73. The molecule has 1 aromatic carbocycles. The monoisotopic (exact) mass is 394 g/mol. The molecule has 130 valence electrons. The number of anilines is 1. The summed E-state index contributed by atoms with van der Waals surface area (Å²) in [6.07, 6.45) is 1.16. The first-order chi connectivity index (χ1) is 12.0. The number of nitrogens with zero attached hydrogens (tertiary/aromatic N) is 1. The van der Waals surface area contributed by atoms with E-state index in [1.165, 1.54) is 22.7 Å². The van der Waals surface area contributed by atoms with Gasteiger partial charge in [-0.2, -0.15) is 0 Å². The van der Waals surface area contributed by atoms with Gasteiger partial charge in [-0.1, -0.05) is 17.4 Å². The van der Waals surface area contributed by atoms with Gasteiger partial charge in [0, 0.05) is 6.61 Å². The molecule has 1 amide bonds. The predicted molar refractivity (Wildman–Crippen MR) is 97.0 cm³/mol. The Morgan fingerprint density at radius 2 is 2.20 bits per heavy atom. The number of ether oxygens (including phenoxy) is 1. The van der Waals surface area contributed by atoms with Gasteiger partial charge in [0.05, 0.1) is 15.1 Å². The van der Waals surface area contributed by atoms with E-state index in [1.54, 1.807) is 35.7 Å². The molecule has 4 rings (SSSR count). The third-order valence-electron chi connectivity index (χ3n) is 3.88. The average Bonchev–Trinajstić information content (AvgIpc) is 3.33. The highest BCUT2D eigenvalue weighted by Gasteiger charge is 2.25. The molecule has 3 aromatic rings. The quantitative estimate of drug-likeness (QED) is 0.734. The lowest BCUT2D eigenvalue weighted by molar-refractivity contribution is -0.124. The van der Waals surface area contributed by atoms with Gasteiger partial charge in [0.1, 0.15) is 10.3 Å². The van der Waals surface area contributed by atoms with Crippen LogP contribution in [-0.4, -0.2) is 32.0 Å². The third kappa shape index (κ3) is 3.20. The van der Waals surface area contributed by atoms with E-state index < -0.39 is 15.9 Å². The Morgan fingerprint density at radius 1 is 1.32 bits per heavy atom. The van der Waals surface area contributed by atoms with Crippen LogP contribution in [0.3, 0.4) is 0 Å². The van der Waals surface area contributed by atoms with E-state index in [0.29, 0.717) is 32.6 Å². The van der Waals surface area contributed by atoms with Crippen LogP contribution in [0.4, 0.5) is 5.13 Å². The number of benzene rings is 1. The summed E-state index contributed by atoms with van der Waals surface area (Å²) in [5.41, 5.74) is 0.651. The predicted octanol–water partition coefficient (Wildman–Crippen LogP) is 3.31. The molecule has 0 bridgehead atoms. The van der Waals surface area contributed by atoms with Crippen molar-refractivity contribution in [1.29, 1.82) is 0 Å². The summed E-state index contributed by atoms with van der Waals surface area (Å²) in [6, 6.07) is 8.10. The van der Waals surface area contributed by atoms with Crippen LogP contribution in [0.25, 0.3) is 10.2 Å². The third-order valence-corrected chi connectivity index (χ3v) is 7.96. The molecule has 1 atom stereocenters. The lowest BCUT2D eigenvalue weighted by atomic mass is 10.2. The van der Waals surface area contributed by atoms with E-state index in [2.05, 4.69) is 10.3 Å². The fourth-order valence-electron chi connectivity index (χ4n) is 2.63. The number of amides is 1. The highest BCUT2D eigenvalue weighted by molar-refractivity contribution is 7.93. The molecule has 1 N–H and O–H groups in total. The number of rotatable bonds is 4. The average molecular weight is 394 g/mol. The van der Waals surface area contributed by atoms with Crippen LogP contribution in [0, 0.1) is 0 Å². The SMILES string of the molecule is O=C(Nc1nc2ccc(S(=O)(=O)c3cccs3)cc2s1)C1CCCO1. The first-order valence-corrected chi connectivity index (χ1v) is 10.8. The molecule has 0 aliphatic carbocycles. The van der Waals surface area contributed by atoms with Crippen molar-refractivity contribution in [2.75, 3.05) is 11.9 Å². The van der Waals surface area contributed by atoms with Gasteiger partial charge < -0.3 is 4.74 Å². The Labute approximate surface area is 152 Å². The highest BCUT2D eigenvalue weighted by Crippen LogP contribution is 2.31. The van der Waals surface area contributed by atoms with E-state index in [4.69, 9.17) is 4.74 Å². The molecule has 25 heavy (non-hydrogen) atoms. The molecule has 1 unspecified atom stereocenters. The second kappa shape index (κ2) is 6.49. The molecule has 0 spiro atoms. The maximum Gasteiger partial charge on any atom is 0.255 e. The van der Waals surface area contributed by atoms with Crippen molar-refractivity contribution < 1.29 is 17.9 Å². The Kier molecular flexibility index (Phi) is 4.32. The van der Waals surface area contributed by atoms with Crippen molar-refractivity contribution in [1.82, 2.24) is 4.98 Å². The van der Waals surface area contributed by atoms with Gasteiger partial charge in [0.25, 0.3) is 5.91 Å². The van der Waals surface area contributed by atoms with Crippen LogP contribution in [0.5, 0.6) is 0 Å². The van der Waals surface area contributed by atoms with E-state index in [-0.39, 0.29) is 10.8 Å². The molecule has 2 aromatic heterocycles. The topological polar surface area (TPSA) is 85.4 Å². The van der Waals surface area contributed by atoms with E-state index in [1.807, 2.05) is 0 Å². The zero-order valence-corrected chi connectivity index (χ0v) is 15.4. The second-order valence-electron chi connectivity index (χ2n) is 5.57. The van der Waals surface area contributed by atoms with Crippen molar-refractivity contribution in [3.8, 4) is 0 Å². The first kappa shape index (κ1) is 16.6. The minimum absolute atomic E-state index is 0.206. The first-order valence-electron chi connectivity index (χ1n) is 7.66. The van der Waals surface area contributed by atoms with E-state index in [0.717, 1.165) is 6.42 Å². The van der Waals surface area contributed by atoms with Crippen molar-refractivity contribution in [3.63, 3.8) is 0 Å². The molecule has 9 heteroatoms. The molecule has 1 aliphatic heterocycles. The van der Waals surface area contributed by atoms with Gasteiger partial charge >= 0.3 is 0 Å². The number of carbonyl (C=O) groups excluding carboxylic acids is 1. The normalized spacial score (nSPS) is 17.8. The summed E-state index contributed by atoms with van der Waals surface area (Å²) >= 11 is 2.44. The molecule has 3 heterocycles. The lowest BCUT2D eigenvalue weighted by Crippen LogP contribution is -2.26. The van der Waals surface area contributed by atoms with Crippen molar-refractivity contribution >= 4 is 53.8 Å². The Morgan fingerprint density at radius 3 is 2.92 bits per heavy atom. The minimum Gasteiger partial charge on any atom is -0.368 e. The Balaban J connectivity index is 1.62. The van der Waals surface area contributed by atoms with Crippen LogP contribution in [0.2, 0.25) is 0 Å². The van der Waals surface area contributed by atoms with Gasteiger partial charge in [0.2, 0.25) is 9.84 Å². The number of hydrogen-bond acceptors (Lipinski definition) is 7. The van der Waals surface area contributed by atoms with Gasteiger partial charge in [-0.3, -0.25) is 10.1 Å². The highest BCUT2D eigenvalue weighted by atomic mass is 32.2. The molecule has 1 aliphatic rings. The minimum atomic E-state index is -3.52. The molecular formula is C16H14N2O4S3. The lowest BCUT2D eigenvalue weighted by Gasteiger charge is -2.07. The number of carbonyl (C=O) groups is 1. The summed E-state index contributed by atoms with van der Waals surface area (Å²) in [5, 5.41) is 4.93. The molecule has 0 radical (unpaired) electrons. The van der Waals surface area contributed by atoms with E-state index >= 15 is 0 Å². The Hall–Kier alpha value is -1.81. The number of sulfone groups is 1. The number of thiophene rings is 1. The number of aromatic nitrogens is 1. The standard InChI is InChI=1S/C16H14N2O4S3/c19-15(12-3-1-7-22-12)18-16-17-11-6-5-10(9-13(11)24-16)25(20,21)14-4-2-8-23-14/h2,4-6,8-9,12H,1,3,7H2,(H,17,18,19). The summed E-state index contributed by atoms with van der Waals surface area (Å²) in [7, 11) is -3.52. The van der Waals surface area contributed by atoms with Crippen LogP contribution < -0.4 is 5.32 Å². The van der Waals surface area contributed by atoms with Crippen molar-refractivity contribution in [2.45, 2.75) is 28.1 Å². The zero-order valence-electron chi connectivity index (χ0n) is 13.0. The summed E-state index contributed by atoms with van der Waals surface area (Å²) < 4.78 is 31.6. The van der Waals surface area contributed by atoms with Crippen LogP contribution >= 0.6 is 22.7 Å². The molecule has 1 saturated heterocycles. The summed E-state index contributed by atoms with van der Waals surface area (Å²) in [5.74, 6) is -0.206. The van der Waals surface area contributed by atoms with Gasteiger partial charge in [-0.15, -0.1) is 11.3 Å². The van der Waals surface area contributed by atoms with Gasteiger partial charge in [-0.25, -0.2) is 13.4 Å².